The molecule has 1 aromatic rings. The lowest BCUT2D eigenvalue weighted by molar-refractivity contribution is -0.134. The number of carbonyl (C=O) groups excluding carboxylic acids is 3. The van der Waals surface area contributed by atoms with Crippen LogP contribution in [0, 0.1) is 0 Å². The second-order valence-corrected chi connectivity index (χ2v) is 6.36. The van der Waals surface area contributed by atoms with Gasteiger partial charge < -0.3 is 20.3 Å². The van der Waals surface area contributed by atoms with E-state index in [1.165, 1.54) is 0 Å². The van der Waals surface area contributed by atoms with Crippen molar-refractivity contribution in [1.82, 2.24) is 20.9 Å². The molecule has 0 radical (unpaired) electrons. The Labute approximate surface area is 144 Å². The van der Waals surface area contributed by atoms with Crippen LogP contribution >= 0.6 is 0 Å². The predicted octanol–water partition coefficient (Wildman–Crippen LogP) is -1.21. The highest BCUT2D eigenvalue weighted by Crippen LogP contribution is 2.32. The van der Waals surface area contributed by atoms with Gasteiger partial charge in [-0.15, -0.1) is 0 Å². The molecule has 3 amide bonds. The number of amides is 3. The summed E-state index contributed by atoms with van der Waals surface area (Å²) in [5.41, 5.74) is 1.08. The number of ether oxygens (including phenoxy) is 1. The van der Waals surface area contributed by atoms with Crippen LogP contribution in [0.1, 0.15) is 23.3 Å². The van der Waals surface area contributed by atoms with Gasteiger partial charge in [-0.05, 0) is 18.6 Å². The zero-order valence-electron chi connectivity index (χ0n) is 13.6. The first-order valence-corrected chi connectivity index (χ1v) is 8.37. The Morgan fingerprint density at radius 3 is 3.08 bits per heavy atom. The van der Waals surface area contributed by atoms with Gasteiger partial charge in [-0.3, -0.25) is 19.7 Å². The summed E-state index contributed by atoms with van der Waals surface area (Å²) in [4.78, 5) is 41.9. The average molecular weight is 345 g/mol. The molecule has 9 nitrogen and oxygen atoms in total. The highest BCUT2D eigenvalue weighted by molar-refractivity contribution is 6.03. The van der Waals surface area contributed by atoms with Crippen LogP contribution in [0.3, 0.4) is 0 Å². The summed E-state index contributed by atoms with van der Waals surface area (Å²) in [6, 6.07) is 3.01. The molecular formula is C16H19N5O4. The maximum atomic E-state index is 12.4. The van der Waals surface area contributed by atoms with Crippen LogP contribution in [0.15, 0.2) is 12.1 Å². The van der Waals surface area contributed by atoms with Gasteiger partial charge >= 0.3 is 0 Å². The zero-order chi connectivity index (χ0) is 17.4. The predicted molar refractivity (Wildman–Crippen MR) is 87.4 cm³/mol. The zero-order valence-corrected chi connectivity index (χ0v) is 13.6. The number of nitrogens with one attached hydrogen (secondary N) is 3. The van der Waals surface area contributed by atoms with E-state index in [0.717, 1.165) is 25.3 Å². The van der Waals surface area contributed by atoms with Crippen molar-refractivity contribution in [3.05, 3.63) is 17.8 Å². The van der Waals surface area contributed by atoms with E-state index in [4.69, 9.17) is 4.74 Å². The van der Waals surface area contributed by atoms with E-state index in [1.54, 1.807) is 6.07 Å². The van der Waals surface area contributed by atoms with Crippen LogP contribution in [0.2, 0.25) is 0 Å². The molecule has 0 aliphatic carbocycles. The minimum absolute atomic E-state index is 0.192. The molecule has 4 heterocycles. The van der Waals surface area contributed by atoms with Crippen molar-refractivity contribution in [3.8, 4) is 5.88 Å². The highest BCUT2D eigenvalue weighted by atomic mass is 16.5. The van der Waals surface area contributed by atoms with Crippen LogP contribution in [0.4, 0.5) is 5.69 Å². The van der Waals surface area contributed by atoms with Gasteiger partial charge in [0.1, 0.15) is 24.0 Å². The highest BCUT2D eigenvalue weighted by Gasteiger charge is 2.32. The molecule has 132 valence electrons. The Bertz CT molecular complexity index is 737. The third-order valence-corrected chi connectivity index (χ3v) is 4.69. The summed E-state index contributed by atoms with van der Waals surface area (Å²) < 4.78 is 5.71. The Kier molecular flexibility index (Phi) is 4.00. The number of imide groups is 1. The van der Waals surface area contributed by atoms with Crippen molar-refractivity contribution in [2.24, 2.45) is 0 Å². The van der Waals surface area contributed by atoms with E-state index >= 15 is 0 Å². The van der Waals surface area contributed by atoms with Crippen molar-refractivity contribution < 1.29 is 19.1 Å². The number of anilines is 1. The number of rotatable bonds is 2. The van der Waals surface area contributed by atoms with Crippen LogP contribution in [-0.4, -0.2) is 61.0 Å². The van der Waals surface area contributed by atoms with Gasteiger partial charge in [0.25, 0.3) is 5.91 Å². The van der Waals surface area contributed by atoms with Crippen molar-refractivity contribution in [3.63, 3.8) is 0 Å². The molecule has 2 fully saturated rings. The number of hydrogen-bond donors (Lipinski definition) is 3. The third kappa shape index (κ3) is 3.02. The monoisotopic (exact) mass is 345 g/mol. The Hall–Kier alpha value is -2.68. The molecule has 0 saturated carbocycles. The minimum atomic E-state index is -0.721. The number of nitrogens with zero attached hydrogens (tertiary/aromatic N) is 2. The molecule has 0 unspecified atom stereocenters. The quantitative estimate of drug-likeness (QED) is 0.576. The number of piperidine rings is 1. The van der Waals surface area contributed by atoms with Crippen molar-refractivity contribution in [2.75, 3.05) is 31.1 Å². The number of hydrogen-bond acceptors (Lipinski definition) is 7. The van der Waals surface area contributed by atoms with Crippen molar-refractivity contribution in [2.45, 2.75) is 24.9 Å². The summed E-state index contributed by atoms with van der Waals surface area (Å²) in [5.74, 6) is -0.818. The molecule has 2 saturated heterocycles. The molecule has 3 N–H and O–H groups in total. The van der Waals surface area contributed by atoms with E-state index in [2.05, 4.69) is 25.8 Å². The molecular weight excluding hydrogens is 326 g/mol. The van der Waals surface area contributed by atoms with E-state index < -0.39 is 17.9 Å². The molecule has 1 aromatic heterocycles. The molecule has 3 aliphatic heterocycles. The van der Waals surface area contributed by atoms with Crippen LogP contribution in [0.25, 0.3) is 0 Å². The van der Waals surface area contributed by atoms with Crippen molar-refractivity contribution in [1.29, 1.82) is 0 Å². The fourth-order valence-electron chi connectivity index (χ4n) is 3.35. The third-order valence-electron chi connectivity index (χ3n) is 4.69. The maximum Gasteiger partial charge on any atom is 0.270 e. The summed E-state index contributed by atoms with van der Waals surface area (Å²) >= 11 is 0. The number of aromatic nitrogens is 1. The lowest BCUT2D eigenvalue weighted by Gasteiger charge is -2.41. The largest absolute Gasteiger partial charge is 0.474 e. The molecule has 25 heavy (non-hydrogen) atoms. The van der Waals surface area contributed by atoms with Gasteiger partial charge in [0.15, 0.2) is 0 Å². The van der Waals surface area contributed by atoms with Crippen LogP contribution < -0.4 is 25.6 Å². The Morgan fingerprint density at radius 2 is 2.24 bits per heavy atom. The van der Waals surface area contributed by atoms with E-state index in [0.29, 0.717) is 18.9 Å². The first kappa shape index (κ1) is 15.8. The van der Waals surface area contributed by atoms with Gasteiger partial charge in [-0.1, -0.05) is 0 Å². The minimum Gasteiger partial charge on any atom is -0.474 e. The van der Waals surface area contributed by atoms with Crippen molar-refractivity contribution >= 4 is 23.4 Å². The number of fused-ring (bicyclic) bond motifs is 3. The standard InChI is InChI=1S/C16H19N5O4/c22-13-4-2-10(15(24)20-13)18-14(23)11-1-3-12-16(19-11)25-8-9-7-17-5-6-21(9)12/h1,3,9-10,17H,2,4-8H2,(H,18,23)(H,20,22,24)/t9-,10-/m0/s1. The number of piperazine rings is 1. The number of carbonyl (C=O) groups is 3. The molecule has 0 spiro atoms. The molecule has 9 heteroatoms. The smallest absolute Gasteiger partial charge is 0.270 e. The van der Waals surface area contributed by atoms with E-state index in [-0.39, 0.29) is 24.1 Å². The summed E-state index contributed by atoms with van der Waals surface area (Å²) in [6.45, 7) is 3.14. The molecule has 3 aliphatic rings. The molecule has 2 atom stereocenters. The topological polar surface area (TPSA) is 113 Å². The first-order valence-electron chi connectivity index (χ1n) is 8.37. The van der Waals surface area contributed by atoms with Gasteiger partial charge in [0.2, 0.25) is 17.7 Å². The lowest BCUT2D eigenvalue weighted by atomic mass is 10.1. The summed E-state index contributed by atoms with van der Waals surface area (Å²) in [5, 5.41) is 8.17. The van der Waals surface area contributed by atoms with Crippen LogP contribution in [-0.2, 0) is 9.59 Å². The molecule has 0 aromatic carbocycles. The lowest BCUT2D eigenvalue weighted by Crippen LogP contribution is -2.56. The van der Waals surface area contributed by atoms with E-state index in [9.17, 15) is 14.4 Å². The Balaban J connectivity index is 1.49. The average Bonchev–Trinajstić information content (AvgIpc) is 2.63. The normalized spacial score (nSPS) is 25.4. The van der Waals surface area contributed by atoms with Gasteiger partial charge in [-0.25, -0.2) is 4.98 Å². The van der Waals surface area contributed by atoms with E-state index in [1.807, 2.05) is 6.07 Å². The summed E-state index contributed by atoms with van der Waals surface area (Å²) in [7, 11) is 0. The van der Waals surface area contributed by atoms with Crippen LogP contribution in [0.5, 0.6) is 5.88 Å². The van der Waals surface area contributed by atoms with Gasteiger partial charge in [0.05, 0.1) is 6.04 Å². The fraction of sp³-hybridized carbons (Fsp3) is 0.500. The fourth-order valence-corrected chi connectivity index (χ4v) is 3.35. The number of pyridine rings is 1. The summed E-state index contributed by atoms with van der Waals surface area (Å²) in [6.07, 6.45) is 0.502. The Morgan fingerprint density at radius 1 is 1.36 bits per heavy atom. The van der Waals surface area contributed by atoms with Gasteiger partial charge in [0, 0.05) is 26.1 Å². The van der Waals surface area contributed by atoms with Gasteiger partial charge in [-0.2, -0.15) is 0 Å². The SMILES string of the molecule is O=C1CC[C@H](NC(=O)c2ccc3c(n2)OC[C@@H]2CNCCN32)C(=O)N1. The first-order chi connectivity index (χ1) is 12.1. The maximum absolute atomic E-state index is 12.4. The second-order valence-electron chi connectivity index (χ2n) is 6.36. The second kappa shape index (κ2) is 6.32. The molecule has 0 bridgehead atoms. The molecule has 4 rings (SSSR count).